The molecule has 4 heteroatoms. The van der Waals surface area contributed by atoms with E-state index in [4.69, 9.17) is 0 Å². The largest absolute Gasteiger partial charge is 0.358 e. The standard InChI is InChI=1S/C18H25N3O/c1-11(2)18(22)19-12-5-7-16-14(9-12)15-10-13(21(3)4)6-8-17(15)20-16/h5,7,9,11,13,20H,6,8,10H2,1-4H3,(H,19,22). The van der Waals surface area contributed by atoms with Gasteiger partial charge in [-0.15, -0.1) is 0 Å². The number of aromatic nitrogens is 1. The summed E-state index contributed by atoms with van der Waals surface area (Å²) in [6.07, 6.45) is 3.37. The first-order valence-electron chi connectivity index (χ1n) is 8.06. The molecular formula is C18H25N3O. The van der Waals surface area contributed by atoms with Crippen molar-refractivity contribution in [3.05, 3.63) is 29.5 Å². The fourth-order valence-electron chi connectivity index (χ4n) is 3.20. The lowest BCUT2D eigenvalue weighted by Gasteiger charge is -2.28. The molecule has 2 N–H and O–H groups in total. The van der Waals surface area contributed by atoms with Gasteiger partial charge in [-0.05, 0) is 57.1 Å². The van der Waals surface area contributed by atoms with Crippen LogP contribution in [-0.2, 0) is 17.6 Å². The summed E-state index contributed by atoms with van der Waals surface area (Å²) in [5.74, 6) is 0.0591. The van der Waals surface area contributed by atoms with E-state index in [0.717, 1.165) is 18.5 Å². The normalized spacial score (nSPS) is 18.0. The Kier molecular flexibility index (Phi) is 3.96. The summed E-state index contributed by atoms with van der Waals surface area (Å²) >= 11 is 0. The van der Waals surface area contributed by atoms with Crippen LogP contribution in [0.4, 0.5) is 5.69 Å². The van der Waals surface area contributed by atoms with Gasteiger partial charge >= 0.3 is 0 Å². The highest BCUT2D eigenvalue weighted by atomic mass is 16.1. The number of nitrogens with zero attached hydrogens (tertiary/aromatic N) is 1. The number of likely N-dealkylation sites (N-methyl/N-ethyl adjacent to an activating group) is 1. The van der Waals surface area contributed by atoms with Crippen LogP contribution in [0.1, 0.15) is 31.5 Å². The van der Waals surface area contributed by atoms with E-state index >= 15 is 0 Å². The zero-order chi connectivity index (χ0) is 15.9. The van der Waals surface area contributed by atoms with Gasteiger partial charge in [0.15, 0.2) is 0 Å². The Morgan fingerprint density at radius 2 is 2.14 bits per heavy atom. The minimum atomic E-state index is -0.00559. The molecule has 1 aliphatic carbocycles. The van der Waals surface area contributed by atoms with E-state index < -0.39 is 0 Å². The van der Waals surface area contributed by atoms with Crippen LogP contribution in [0.2, 0.25) is 0 Å². The highest BCUT2D eigenvalue weighted by molar-refractivity contribution is 5.95. The number of rotatable bonds is 3. The van der Waals surface area contributed by atoms with E-state index in [1.807, 2.05) is 19.9 Å². The molecular weight excluding hydrogens is 274 g/mol. The second-order valence-electron chi connectivity index (χ2n) is 6.85. The molecule has 0 saturated carbocycles. The lowest BCUT2D eigenvalue weighted by Crippen LogP contribution is -2.33. The zero-order valence-corrected chi connectivity index (χ0v) is 13.9. The lowest BCUT2D eigenvalue weighted by atomic mass is 9.91. The van der Waals surface area contributed by atoms with E-state index in [0.29, 0.717) is 6.04 Å². The SMILES string of the molecule is CC(C)C(=O)Nc1ccc2[nH]c3c(c2c1)CC(N(C)C)CC3. The zero-order valence-electron chi connectivity index (χ0n) is 13.9. The van der Waals surface area contributed by atoms with Crippen LogP contribution in [0.5, 0.6) is 0 Å². The van der Waals surface area contributed by atoms with Crippen LogP contribution in [0, 0.1) is 5.92 Å². The molecule has 3 rings (SSSR count). The number of H-pyrrole nitrogens is 1. The number of aryl methyl sites for hydroxylation is 1. The summed E-state index contributed by atoms with van der Waals surface area (Å²) in [4.78, 5) is 17.8. The Labute approximate surface area is 131 Å². The Hall–Kier alpha value is -1.81. The van der Waals surface area contributed by atoms with Crippen molar-refractivity contribution in [3.8, 4) is 0 Å². The Morgan fingerprint density at radius 1 is 1.36 bits per heavy atom. The number of benzene rings is 1. The number of anilines is 1. The maximum absolute atomic E-state index is 11.9. The van der Waals surface area contributed by atoms with E-state index in [2.05, 4.69) is 41.4 Å². The smallest absolute Gasteiger partial charge is 0.226 e. The number of aromatic amines is 1. The third-order valence-corrected chi connectivity index (χ3v) is 4.68. The maximum Gasteiger partial charge on any atom is 0.226 e. The van der Waals surface area contributed by atoms with Gasteiger partial charge in [-0.2, -0.15) is 0 Å². The minimum absolute atomic E-state index is 0.00559. The molecule has 2 aromatic rings. The summed E-state index contributed by atoms with van der Waals surface area (Å²) < 4.78 is 0. The molecule has 1 aromatic carbocycles. The molecule has 1 amide bonds. The molecule has 0 spiro atoms. The second-order valence-corrected chi connectivity index (χ2v) is 6.85. The van der Waals surface area contributed by atoms with E-state index in [1.165, 1.54) is 28.6 Å². The molecule has 0 bridgehead atoms. The van der Waals surface area contributed by atoms with E-state index in [-0.39, 0.29) is 11.8 Å². The van der Waals surface area contributed by atoms with Crippen LogP contribution < -0.4 is 5.32 Å². The van der Waals surface area contributed by atoms with Gasteiger partial charge in [-0.25, -0.2) is 0 Å². The molecule has 1 atom stereocenters. The molecule has 1 aromatic heterocycles. The van der Waals surface area contributed by atoms with Gasteiger partial charge in [0, 0.05) is 34.2 Å². The number of hydrogen-bond donors (Lipinski definition) is 2. The molecule has 4 nitrogen and oxygen atoms in total. The molecule has 22 heavy (non-hydrogen) atoms. The quantitative estimate of drug-likeness (QED) is 0.914. The number of fused-ring (bicyclic) bond motifs is 3. The Morgan fingerprint density at radius 3 is 2.82 bits per heavy atom. The van der Waals surface area contributed by atoms with Gasteiger partial charge in [0.05, 0.1) is 0 Å². The number of carbonyl (C=O) groups excluding carboxylic acids is 1. The topological polar surface area (TPSA) is 48.1 Å². The number of nitrogens with one attached hydrogen (secondary N) is 2. The van der Waals surface area contributed by atoms with Crippen molar-refractivity contribution >= 4 is 22.5 Å². The monoisotopic (exact) mass is 299 g/mol. The predicted octanol–water partition coefficient (Wildman–Crippen LogP) is 3.18. The summed E-state index contributed by atoms with van der Waals surface area (Å²) in [6, 6.07) is 6.77. The summed E-state index contributed by atoms with van der Waals surface area (Å²) in [5.41, 5.74) is 4.84. The van der Waals surface area contributed by atoms with Gasteiger partial charge in [0.25, 0.3) is 0 Å². The second kappa shape index (κ2) is 5.76. The first-order valence-corrected chi connectivity index (χ1v) is 8.06. The van der Waals surface area contributed by atoms with Crippen LogP contribution in [0.25, 0.3) is 10.9 Å². The molecule has 0 radical (unpaired) electrons. The highest BCUT2D eigenvalue weighted by Crippen LogP contribution is 2.32. The molecule has 1 unspecified atom stereocenters. The Bertz CT molecular complexity index is 700. The van der Waals surface area contributed by atoms with Crippen molar-refractivity contribution in [1.82, 2.24) is 9.88 Å². The number of amides is 1. The van der Waals surface area contributed by atoms with Crippen molar-refractivity contribution in [3.63, 3.8) is 0 Å². The average Bonchev–Trinajstić information content (AvgIpc) is 2.84. The molecule has 0 aliphatic heterocycles. The molecule has 0 saturated heterocycles. The first kappa shape index (κ1) is 15.1. The molecule has 1 heterocycles. The molecule has 0 fully saturated rings. The number of hydrogen-bond acceptors (Lipinski definition) is 2. The summed E-state index contributed by atoms with van der Waals surface area (Å²) in [7, 11) is 4.30. The summed E-state index contributed by atoms with van der Waals surface area (Å²) in [5, 5.41) is 4.25. The van der Waals surface area contributed by atoms with Gasteiger partial charge in [-0.1, -0.05) is 13.8 Å². The van der Waals surface area contributed by atoms with Crippen molar-refractivity contribution in [1.29, 1.82) is 0 Å². The summed E-state index contributed by atoms with van der Waals surface area (Å²) in [6.45, 7) is 3.82. The van der Waals surface area contributed by atoms with Gasteiger partial charge < -0.3 is 15.2 Å². The minimum Gasteiger partial charge on any atom is -0.358 e. The van der Waals surface area contributed by atoms with Crippen molar-refractivity contribution in [2.24, 2.45) is 5.92 Å². The highest BCUT2D eigenvalue weighted by Gasteiger charge is 2.23. The average molecular weight is 299 g/mol. The molecule has 1 aliphatic rings. The Balaban J connectivity index is 1.95. The lowest BCUT2D eigenvalue weighted by molar-refractivity contribution is -0.118. The van der Waals surface area contributed by atoms with Crippen LogP contribution in [0.15, 0.2) is 18.2 Å². The van der Waals surface area contributed by atoms with E-state index in [9.17, 15) is 4.79 Å². The van der Waals surface area contributed by atoms with Crippen LogP contribution in [0.3, 0.4) is 0 Å². The van der Waals surface area contributed by atoms with Crippen molar-refractivity contribution in [2.75, 3.05) is 19.4 Å². The molecule has 118 valence electrons. The number of carbonyl (C=O) groups is 1. The van der Waals surface area contributed by atoms with E-state index in [1.54, 1.807) is 0 Å². The van der Waals surface area contributed by atoms with Crippen LogP contribution >= 0.6 is 0 Å². The maximum atomic E-state index is 11.9. The fourth-order valence-corrected chi connectivity index (χ4v) is 3.20. The van der Waals surface area contributed by atoms with Gasteiger partial charge in [0.2, 0.25) is 5.91 Å². The van der Waals surface area contributed by atoms with Gasteiger partial charge in [-0.3, -0.25) is 4.79 Å². The van der Waals surface area contributed by atoms with Crippen molar-refractivity contribution < 1.29 is 4.79 Å². The van der Waals surface area contributed by atoms with Crippen LogP contribution in [-0.4, -0.2) is 35.9 Å². The third-order valence-electron chi connectivity index (χ3n) is 4.68. The fraction of sp³-hybridized carbons (Fsp3) is 0.500. The first-order chi connectivity index (χ1) is 10.5. The predicted molar refractivity (Wildman–Crippen MR) is 91.3 cm³/mol. The third kappa shape index (κ3) is 2.75. The van der Waals surface area contributed by atoms with Gasteiger partial charge in [0.1, 0.15) is 0 Å². The van der Waals surface area contributed by atoms with Crippen molar-refractivity contribution in [2.45, 2.75) is 39.2 Å².